The molecule has 0 saturated heterocycles. The van der Waals surface area contributed by atoms with Gasteiger partial charge in [0.05, 0.1) is 17.4 Å². The first kappa shape index (κ1) is 16.1. The number of nitrogens with zero attached hydrogens (tertiary/aromatic N) is 4. The van der Waals surface area contributed by atoms with Gasteiger partial charge in [0.15, 0.2) is 0 Å². The number of carbonyl (C=O) groups excluding carboxylic acids is 1. The predicted molar refractivity (Wildman–Crippen MR) is 90.4 cm³/mol. The molecule has 0 radical (unpaired) electrons. The molecule has 0 aliphatic heterocycles. The van der Waals surface area contributed by atoms with Crippen molar-refractivity contribution in [3.63, 3.8) is 0 Å². The Morgan fingerprint density at radius 2 is 2.17 bits per heavy atom. The largest absolute Gasteiger partial charge is 0.493 e. The zero-order valence-corrected chi connectivity index (χ0v) is 14.3. The molecule has 0 fully saturated rings. The van der Waals surface area contributed by atoms with Crippen molar-refractivity contribution in [2.24, 2.45) is 0 Å². The lowest BCUT2D eigenvalue weighted by atomic mass is 10.2. The topological polar surface area (TPSA) is 88.4 Å². The van der Waals surface area contributed by atoms with Gasteiger partial charge < -0.3 is 14.7 Å². The fraction of sp³-hybridized carbons (Fsp3) is 0.250. The Labute approximate surface area is 142 Å². The Morgan fingerprint density at radius 3 is 2.88 bits per heavy atom. The fourth-order valence-electron chi connectivity index (χ4n) is 2.44. The van der Waals surface area contributed by atoms with Crippen LogP contribution in [0.25, 0.3) is 10.2 Å². The second-order valence-electron chi connectivity index (χ2n) is 5.30. The molecule has 1 amide bonds. The maximum absolute atomic E-state index is 12.8. The van der Waals surface area contributed by atoms with E-state index in [9.17, 15) is 9.90 Å². The molecular formula is C16H16N4O3S. The number of aromatic hydroxyl groups is 1. The first-order chi connectivity index (χ1) is 11.5. The van der Waals surface area contributed by atoms with Gasteiger partial charge in [-0.15, -0.1) is 11.3 Å². The molecule has 3 aromatic heterocycles. The molecule has 0 aliphatic rings. The van der Waals surface area contributed by atoms with Crippen molar-refractivity contribution in [1.82, 2.24) is 19.9 Å². The van der Waals surface area contributed by atoms with Gasteiger partial charge in [-0.1, -0.05) is 0 Å². The highest BCUT2D eigenvalue weighted by Gasteiger charge is 2.22. The van der Waals surface area contributed by atoms with Gasteiger partial charge >= 0.3 is 0 Å². The van der Waals surface area contributed by atoms with Crippen LogP contribution in [0.15, 0.2) is 24.7 Å². The van der Waals surface area contributed by atoms with Crippen LogP contribution in [0.3, 0.4) is 0 Å². The molecule has 124 valence electrons. The number of pyridine rings is 1. The van der Waals surface area contributed by atoms with Gasteiger partial charge in [-0.25, -0.2) is 15.0 Å². The molecule has 3 rings (SSSR count). The van der Waals surface area contributed by atoms with Crippen LogP contribution in [0, 0.1) is 6.92 Å². The Bertz CT molecular complexity index is 909. The Balaban J connectivity index is 1.88. The second kappa shape index (κ2) is 6.40. The molecule has 0 unspecified atom stereocenters. The molecule has 8 heteroatoms. The fourth-order valence-corrected chi connectivity index (χ4v) is 3.57. The molecule has 1 N–H and O–H groups in total. The summed E-state index contributed by atoms with van der Waals surface area (Å²) in [6, 6.07) is 3.63. The number of aromatic nitrogens is 3. The van der Waals surface area contributed by atoms with Crippen molar-refractivity contribution < 1.29 is 14.6 Å². The first-order valence-electron chi connectivity index (χ1n) is 7.18. The molecule has 0 atom stereocenters. The Kier molecular flexibility index (Phi) is 4.30. The molecule has 7 nitrogen and oxygen atoms in total. The van der Waals surface area contributed by atoms with Crippen molar-refractivity contribution in [1.29, 1.82) is 0 Å². The van der Waals surface area contributed by atoms with E-state index >= 15 is 0 Å². The van der Waals surface area contributed by atoms with E-state index in [0.717, 1.165) is 5.56 Å². The summed E-state index contributed by atoms with van der Waals surface area (Å²) in [5, 5.41) is 10.4. The molecule has 0 aromatic carbocycles. The number of methoxy groups -OCH3 is 1. The van der Waals surface area contributed by atoms with E-state index in [2.05, 4.69) is 15.0 Å². The van der Waals surface area contributed by atoms with Crippen LogP contribution in [0.5, 0.6) is 11.8 Å². The quantitative estimate of drug-likeness (QED) is 0.782. The summed E-state index contributed by atoms with van der Waals surface area (Å²) >= 11 is 1.25. The van der Waals surface area contributed by atoms with Crippen molar-refractivity contribution in [2.45, 2.75) is 13.5 Å². The summed E-state index contributed by atoms with van der Waals surface area (Å²) in [7, 11) is 3.28. The summed E-state index contributed by atoms with van der Waals surface area (Å²) < 4.78 is 5.10. The summed E-state index contributed by atoms with van der Waals surface area (Å²) in [6.07, 6.45) is 2.93. The van der Waals surface area contributed by atoms with Crippen LogP contribution < -0.4 is 4.74 Å². The van der Waals surface area contributed by atoms with Crippen molar-refractivity contribution in [3.05, 3.63) is 40.7 Å². The van der Waals surface area contributed by atoms with Gasteiger partial charge in [0.2, 0.25) is 11.8 Å². The number of aryl methyl sites for hydroxylation is 1. The number of carbonyl (C=O) groups is 1. The van der Waals surface area contributed by atoms with Crippen LogP contribution in [0.1, 0.15) is 20.8 Å². The molecule has 24 heavy (non-hydrogen) atoms. The minimum Gasteiger partial charge on any atom is -0.493 e. The van der Waals surface area contributed by atoms with Crippen LogP contribution >= 0.6 is 11.3 Å². The Morgan fingerprint density at radius 1 is 1.38 bits per heavy atom. The maximum atomic E-state index is 12.8. The summed E-state index contributed by atoms with van der Waals surface area (Å²) in [5.74, 6) is 0.270. The maximum Gasteiger partial charge on any atom is 0.264 e. The van der Waals surface area contributed by atoms with E-state index in [1.807, 2.05) is 6.07 Å². The standard InChI is InChI=1S/C16H16N4O3S/c1-9-12-14(21)18-8-19-15(12)24-13(9)16(22)20(2)7-10-4-5-17-11(6-10)23-3/h4-6,8H,7H2,1-3H3,(H,18,19,21). The number of amides is 1. The third-order valence-electron chi connectivity index (χ3n) is 3.68. The number of hydrogen-bond acceptors (Lipinski definition) is 7. The van der Waals surface area contributed by atoms with E-state index in [-0.39, 0.29) is 11.8 Å². The minimum absolute atomic E-state index is 0.102. The first-order valence-corrected chi connectivity index (χ1v) is 8.00. The van der Waals surface area contributed by atoms with Crippen molar-refractivity contribution in [2.75, 3.05) is 14.2 Å². The zero-order valence-electron chi connectivity index (χ0n) is 13.5. The van der Waals surface area contributed by atoms with E-state index in [1.165, 1.54) is 17.7 Å². The molecule has 0 aliphatic carbocycles. The van der Waals surface area contributed by atoms with E-state index in [4.69, 9.17) is 4.74 Å². The smallest absolute Gasteiger partial charge is 0.264 e. The van der Waals surface area contributed by atoms with Crippen LogP contribution in [-0.2, 0) is 6.54 Å². The highest BCUT2D eigenvalue weighted by molar-refractivity contribution is 7.20. The number of ether oxygens (including phenoxy) is 1. The van der Waals surface area contributed by atoms with Gasteiger partial charge in [-0.05, 0) is 24.1 Å². The molecular weight excluding hydrogens is 328 g/mol. The summed E-state index contributed by atoms with van der Waals surface area (Å²) in [4.78, 5) is 27.5. The number of hydrogen-bond donors (Lipinski definition) is 1. The lowest BCUT2D eigenvalue weighted by Gasteiger charge is -2.17. The Hall–Kier alpha value is -2.74. The lowest BCUT2D eigenvalue weighted by molar-refractivity contribution is 0.0789. The molecule has 0 saturated carbocycles. The SMILES string of the molecule is COc1cc(CN(C)C(=O)c2sc3ncnc(O)c3c2C)ccn1. The monoisotopic (exact) mass is 344 g/mol. The molecule has 0 bridgehead atoms. The number of thiophene rings is 1. The molecule has 3 heterocycles. The lowest BCUT2D eigenvalue weighted by Crippen LogP contribution is -2.26. The predicted octanol–water partition coefficient (Wildman–Crippen LogP) is 2.38. The number of rotatable bonds is 4. The van der Waals surface area contributed by atoms with Crippen LogP contribution in [0.2, 0.25) is 0 Å². The average Bonchev–Trinajstić information content (AvgIpc) is 2.92. The molecule has 3 aromatic rings. The average molecular weight is 344 g/mol. The van der Waals surface area contributed by atoms with Crippen molar-refractivity contribution in [3.8, 4) is 11.8 Å². The molecule has 0 spiro atoms. The number of fused-ring (bicyclic) bond motifs is 1. The third kappa shape index (κ3) is 2.88. The normalized spacial score (nSPS) is 10.8. The van der Waals surface area contributed by atoms with Gasteiger partial charge in [0.25, 0.3) is 5.91 Å². The third-order valence-corrected chi connectivity index (χ3v) is 4.86. The van der Waals surface area contributed by atoms with Crippen LogP contribution in [0.4, 0.5) is 0 Å². The summed E-state index contributed by atoms with van der Waals surface area (Å²) in [6.45, 7) is 2.21. The minimum atomic E-state index is -0.134. The van der Waals surface area contributed by atoms with E-state index < -0.39 is 0 Å². The summed E-state index contributed by atoms with van der Waals surface area (Å²) in [5.41, 5.74) is 1.61. The van der Waals surface area contributed by atoms with Gasteiger partial charge in [0, 0.05) is 25.9 Å². The highest BCUT2D eigenvalue weighted by Crippen LogP contribution is 2.34. The second-order valence-corrected chi connectivity index (χ2v) is 6.30. The van der Waals surface area contributed by atoms with Gasteiger partial charge in [0.1, 0.15) is 11.2 Å². The van der Waals surface area contributed by atoms with Crippen molar-refractivity contribution >= 4 is 27.5 Å². The van der Waals surface area contributed by atoms with Gasteiger partial charge in [-0.2, -0.15) is 0 Å². The van der Waals surface area contributed by atoms with E-state index in [1.54, 1.807) is 38.2 Å². The van der Waals surface area contributed by atoms with E-state index in [0.29, 0.717) is 33.1 Å². The van der Waals surface area contributed by atoms with Crippen LogP contribution in [-0.4, -0.2) is 45.0 Å². The highest BCUT2D eigenvalue weighted by atomic mass is 32.1. The van der Waals surface area contributed by atoms with Gasteiger partial charge in [-0.3, -0.25) is 4.79 Å². The zero-order chi connectivity index (χ0) is 17.3.